The lowest BCUT2D eigenvalue weighted by Gasteiger charge is -2.33. The summed E-state index contributed by atoms with van der Waals surface area (Å²) in [7, 11) is 0. The van der Waals surface area contributed by atoms with Crippen LogP contribution < -0.4 is 10.1 Å². The number of carbonyl (C=O) groups is 1. The lowest BCUT2D eigenvalue weighted by molar-refractivity contribution is 0.0302. The number of amides is 1. The molecule has 1 heterocycles. The van der Waals surface area contributed by atoms with Crippen molar-refractivity contribution in [2.24, 2.45) is 0 Å². The first kappa shape index (κ1) is 11.9. The van der Waals surface area contributed by atoms with Gasteiger partial charge in [-0.2, -0.15) is 0 Å². The molecule has 1 aromatic rings. The minimum atomic E-state index is -0.427. The lowest BCUT2D eigenvalue weighted by Crippen LogP contribution is -2.52. The van der Waals surface area contributed by atoms with Gasteiger partial charge in [0.2, 0.25) is 0 Å². The van der Waals surface area contributed by atoms with Crippen molar-refractivity contribution in [1.29, 1.82) is 0 Å². The van der Waals surface area contributed by atoms with Crippen molar-refractivity contribution in [2.75, 3.05) is 13.2 Å². The van der Waals surface area contributed by atoms with Crippen molar-refractivity contribution in [3.63, 3.8) is 0 Å². The molecule has 1 amide bonds. The maximum atomic E-state index is 11.7. The van der Waals surface area contributed by atoms with Crippen molar-refractivity contribution in [1.82, 2.24) is 5.32 Å². The van der Waals surface area contributed by atoms with E-state index in [1.165, 1.54) is 0 Å². The van der Waals surface area contributed by atoms with Gasteiger partial charge in [-0.05, 0) is 31.9 Å². The molecule has 1 aliphatic heterocycles. The molecule has 4 heteroatoms. The molecule has 0 aliphatic carbocycles. The Kier molecular flexibility index (Phi) is 3.64. The van der Waals surface area contributed by atoms with Gasteiger partial charge in [0.15, 0.2) is 0 Å². The van der Waals surface area contributed by atoms with Gasteiger partial charge in [0.1, 0.15) is 5.75 Å². The number of nitrogens with one attached hydrogen (secondary N) is 1. The minimum absolute atomic E-state index is 0.315. The first-order valence-electron chi connectivity index (χ1n) is 5.81. The van der Waals surface area contributed by atoms with E-state index in [4.69, 9.17) is 9.47 Å². The fourth-order valence-corrected chi connectivity index (χ4v) is 1.90. The highest BCUT2D eigenvalue weighted by atomic mass is 16.6. The van der Waals surface area contributed by atoms with Crippen LogP contribution in [0.15, 0.2) is 30.3 Å². The molecule has 1 fully saturated rings. The molecule has 0 spiro atoms. The number of hydrogen-bond acceptors (Lipinski definition) is 3. The van der Waals surface area contributed by atoms with E-state index in [0.717, 1.165) is 19.4 Å². The molecule has 0 bridgehead atoms. The summed E-state index contributed by atoms with van der Waals surface area (Å²) in [5, 5.41) is 2.86. The molecule has 1 atom stereocenters. The normalized spacial score (nSPS) is 24.1. The number of para-hydroxylation sites is 1. The topological polar surface area (TPSA) is 47.6 Å². The van der Waals surface area contributed by atoms with Crippen LogP contribution in [0.4, 0.5) is 4.79 Å². The summed E-state index contributed by atoms with van der Waals surface area (Å²) >= 11 is 0. The van der Waals surface area contributed by atoms with Crippen LogP contribution in [0.5, 0.6) is 5.75 Å². The number of benzene rings is 1. The first-order chi connectivity index (χ1) is 8.18. The number of carbonyl (C=O) groups excluding carboxylic acids is 1. The molecular formula is C13H17NO3. The maximum absolute atomic E-state index is 11.7. The predicted octanol–water partition coefficient (Wildman–Crippen LogP) is 2.34. The zero-order valence-corrected chi connectivity index (χ0v) is 9.94. The Labute approximate surface area is 101 Å². The SMILES string of the molecule is CC1(NC(=O)Oc2ccccc2)CCCOC1. The van der Waals surface area contributed by atoms with Gasteiger partial charge in [0.05, 0.1) is 12.1 Å². The Balaban J connectivity index is 1.88. The second-order valence-electron chi connectivity index (χ2n) is 4.54. The highest BCUT2D eigenvalue weighted by Crippen LogP contribution is 2.18. The van der Waals surface area contributed by atoms with Crippen LogP contribution in [0.1, 0.15) is 19.8 Å². The molecular weight excluding hydrogens is 218 g/mol. The Morgan fingerprint density at radius 1 is 1.41 bits per heavy atom. The van der Waals surface area contributed by atoms with E-state index in [1.54, 1.807) is 12.1 Å². The molecule has 92 valence electrons. The fraction of sp³-hybridized carbons (Fsp3) is 0.462. The van der Waals surface area contributed by atoms with Crippen LogP contribution in [0.2, 0.25) is 0 Å². The Morgan fingerprint density at radius 3 is 2.82 bits per heavy atom. The third-order valence-electron chi connectivity index (χ3n) is 2.80. The van der Waals surface area contributed by atoms with E-state index in [-0.39, 0.29) is 5.54 Å². The van der Waals surface area contributed by atoms with Crippen LogP contribution in [0, 0.1) is 0 Å². The second-order valence-corrected chi connectivity index (χ2v) is 4.54. The molecule has 1 aliphatic rings. The zero-order chi connectivity index (χ0) is 12.1. The average Bonchev–Trinajstić information content (AvgIpc) is 2.30. The van der Waals surface area contributed by atoms with Gasteiger partial charge >= 0.3 is 6.09 Å². The minimum Gasteiger partial charge on any atom is -0.410 e. The number of hydrogen-bond donors (Lipinski definition) is 1. The number of rotatable bonds is 2. The van der Waals surface area contributed by atoms with Crippen LogP contribution >= 0.6 is 0 Å². The van der Waals surface area contributed by atoms with Crippen LogP contribution in [0.25, 0.3) is 0 Å². The summed E-state index contributed by atoms with van der Waals surface area (Å²) in [5.41, 5.74) is -0.315. The van der Waals surface area contributed by atoms with Gasteiger partial charge in [0, 0.05) is 6.61 Å². The molecule has 0 aromatic heterocycles. The van der Waals surface area contributed by atoms with Crippen molar-refractivity contribution in [2.45, 2.75) is 25.3 Å². The predicted molar refractivity (Wildman–Crippen MR) is 64.1 cm³/mol. The zero-order valence-electron chi connectivity index (χ0n) is 9.94. The van der Waals surface area contributed by atoms with Gasteiger partial charge in [-0.25, -0.2) is 4.79 Å². The van der Waals surface area contributed by atoms with E-state index in [1.807, 2.05) is 25.1 Å². The van der Waals surface area contributed by atoms with Crippen molar-refractivity contribution in [3.05, 3.63) is 30.3 Å². The van der Waals surface area contributed by atoms with E-state index < -0.39 is 6.09 Å². The van der Waals surface area contributed by atoms with Crippen LogP contribution in [0.3, 0.4) is 0 Å². The smallest absolute Gasteiger partial charge is 0.410 e. The highest BCUT2D eigenvalue weighted by molar-refractivity contribution is 5.71. The largest absolute Gasteiger partial charge is 0.413 e. The molecule has 0 radical (unpaired) electrons. The van der Waals surface area contributed by atoms with Crippen molar-refractivity contribution in [3.8, 4) is 5.75 Å². The molecule has 17 heavy (non-hydrogen) atoms. The fourth-order valence-electron chi connectivity index (χ4n) is 1.90. The molecule has 1 aromatic carbocycles. The molecule has 1 saturated heterocycles. The molecule has 0 saturated carbocycles. The number of ether oxygens (including phenoxy) is 2. The van der Waals surface area contributed by atoms with Gasteiger partial charge in [0.25, 0.3) is 0 Å². The van der Waals surface area contributed by atoms with Gasteiger partial charge < -0.3 is 14.8 Å². The third-order valence-corrected chi connectivity index (χ3v) is 2.80. The van der Waals surface area contributed by atoms with Gasteiger partial charge in [-0.3, -0.25) is 0 Å². The summed E-state index contributed by atoms with van der Waals surface area (Å²) in [5.74, 6) is 0.547. The Bertz CT molecular complexity index is 372. The summed E-state index contributed by atoms with van der Waals surface area (Å²) in [6, 6.07) is 9.03. The summed E-state index contributed by atoms with van der Waals surface area (Å²) in [6.07, 6.45) is 1.45. The average molecular weight is 235 g/mol. The van der Waals surface area contributed by atoms with Crippen molar-refractivity contribution >= 4 is 6.09 Å². The summed E-state index contributed by atoms with van der Waals surface area (Å²) < 4.78 is 10.5. The first-order valence-corrected chi connectivity index (χ1v) is 5.81. The van der Waals surface area contributed by atoms with Crippen molar-refractivity contribution < 1.29 is 14.3 Å². The van der Waals surface area contributed by atoms with E-state index in [0.29, 0.717) is 12.4 Å². The standard InChI is InChI=1S/C13H17NO3/c1-13(8-5-9-16-10-13)14-12(15)17-11-6-3-2-4-7-11/h2-4,6-7H,5,8-10H2,1H3,(H,14,15). The monoisotopic (exact) mass is 235 g/mol. The lowest BCUT2D eigenvalue weighted by atomic mass is 9.95. The summed E-state index contributed by atoms with van der Waals surface area (Å²) in [4.78, 5) is 11.7. The third kappa shape index (κ3) is 3.46. The molecule has 1 N–H and O–H groups in total. The second kappa shape index (κ2) is 5.19. The Morgan fingerprint density at radius 2 is 2.18 bits per heavy atom. The van der Waals surface area contributed by atoms with Gasteiger partial charge in [-0.1, -0.05) is 18.2 Å². The maximum Gasteiger partial charge on any atom is 0.413 e. The van der Waals surface area contributed by atoms with Gasteiger partial charge in [-0.15, -0.1) is 0 Å². The summed E-state index contributed by atoms with van der Waals surface area (Å²) in [6.45, 7) is 3.28. The Hall–Kier alpha value is -1.55. The van der Waals surface area contributed by atoms with Crippen LogP contribution in [-0.2, 0) is 4.74 Å². The molecule has 2 rings (SSSR count). The molecule has 1 unspecified atom stereocenters. The van der Waals surface area contributed by atoms with Crippen LogP contribution in [-0.4, -0.2) is 24.8 Å². The molecule has 4 nitrogen and oxygen atoms in total. The quantitative estimate of drug-likeness (QED) is 0.856. The van der Waals surface area contributed by atoms with E-state index in [9.17, 15) is 4.79 Å². The van der Waals surface area contributed by atoms with E-state index >= 15 is 0 Å². The van der Waals surface area contributed by atoms with E-state index in [2.05, 4.69) is 5.32 Å². The highest BCUT2D eigenvalue weighted by Gasteiger charge is 2.29.